The molecule has 2 aliphatic rings. The second-order valence-electron chi connectivity index (χ2n) is 6.64. The summed E-state index contributed by atoms with van der Waals surface area (Å²) in [5.74, 6) is 3.00. The number of hydrogen-bond acceptors (Lipinski definition) is 2. The quantitative estimate of drug-likeness (QED) is 0.889. The highest BCUT2D eigenvalue weighted by atomic mass is 14.9. The summed E-state index contributed by atoms with van der Waals surface area (Å²) in [6, 6.07) is 4.90. The molecule has 0 amide bonds. The van der Waals surface area contributed by atoms with Crippen molar-refractivity contribution >= 4 is 0 Å². The van der Waals surface area contributed by atoms with E-state index in [0.29, 0.717) is 6.04 Å². The number of aromatic nitrogens is 1. The number of nitrogens with one attached hydrogen (secondary N) is 1. The van der Waals surface area contributed by atoms with Gasteiger partial charge in [-0.3, -0.25) is 4.98 Å². The third kappa shape index (κ3) is 2.55. The van der Waals surface area contributed by atoms with Crippen LogP contribution in [0.15, 0.2) is 12.1 Å². The summed E-state index contributed by atoms with van der Waals surface area (Å²) in [6.45, 7) is 4.22. The van der Waals surface area contributed by atoms with Gasteiger partial charge in [0.05, 0.1) is 0 Å². The summed E-state index contributed by atoms with van der Waals surface area (Å²) in [4.78, 5) is 4.62. The average molecular weight is 258 g/mol. The van der Waals surface area contributed by atoms with E-state index in [1.165, 1.54) is 43.4 Å². The monoisotopic (exact) mass is 258 g/mol. The van der Waals surface area contributed by atoms with Gasteiger partial charge in [-0.05, 0) is 76.0 Å². The number of pyridine rings is 1. The molecule has 1 N–H and O–H groups in total. The highest BCUT2D eigenvalue weighted by molar-refractivity contribution is 5.25. The van der Waals surface area contributed by atoms with Crippen molar-refractivity contribution in [2.75, 3.05) is 7.05 Å². The molecule has 104 valence electrons. The molecule has 1 aromatic rings. The third-order valence-corrected chi connectivity index (χ3v) is 5.41. The van der Waals surface area contributed by atoms with Crippen LogP contribution >= 0.6 is 0 Å². The largest absolute Gasteiger partial charge is 0.313 e. The van der Waals surface area contributed by atoms with E-state index in [1.807, 2.05) is 0 Å². The zero-order valence-corrected chi connectivity index (χ0v) is 12.4. The van der Waals surface area contributed by atoms with Crippen molar-refractivity contribution in [3.05, 3.63) is 29.1 Å². The normalized spacial score (nSPS) is 30.8. The molecule has 2 saturated carbocycles. The highest BCUT2D eigenvalue weighted by Crippen LogP contribution is 2.50. The van der Waals surface area contributed by atoms with Gasteiger partial charge in [-0.25, -0.2) is 0 Å². The van der Waals surface area contributed by atoms with Crippen molar-refractivity contribution in [2.24, 2.45) is 17.8 Å². The Labute approximate surface area is 117 Å². The van der Waals surface area contributed by atoms with Gasteiger partial charge in [-0.2, -0.15) is 0 Å². The standard InChI is InChI=1S/C17H26N2/c1-11-4-7-16(12(2)19-11)17(18-3)10-15-9-13-5-6-14(15)8-13/h4,7,13-15,17-18H,5-6,8-10H2,1-3H3. The van der Waals surface area contributed by atoms with Gasteiger partial charge in [0, 0.05) is 17.4 Å². The van der Waals surface area contributed by atoms with Gasteiger partial charge in [0.1, 0.15) is 0 Å². The van der Waals surface area contributed by atoms with Crippen LogP contribution in [0.2, 0.25) is 0 Å². The lowest BCUT2D eigenvalue weighted by Gasteiger charge is -2.27. The Balaban J connectivity index is 1.73. The van der Waals surface area contributed by atoms with Crippen LogP contribution in [-0.2, 0) is 0 Å². The lowest BCUT2D eigenvalue weighted by atomic mass is 9.82. The van der Waals surface area contributed by atoms with Crippen molar-refractivity contribution in [1.29, 1.82) is 0 Å². The summed E-state index contributed by atoms with van der Waals surface area (Å²) < 4.78 is 0. The van der Waals surface area contributed by atoms with E-state index in [2.05, 4.69) is 43.3 Å². The first-order valence-electron chi connectivity index (χ1n) is 7.78. The molecule has 0 aromatic carbocycles. The van der Waals surface area contributed by atoms with Gasteiger partial charge in [0.2, 0.25) is 0 Å². The molecule has 3 rings (SSSR count). The lowest BCUT2D eigenvalue weighted by molar-refractivity contribution is 0.283. The van der Waals surface area contributed by atoms with Crippen molar-refractivity contribution < 1.29 is 0 Å². The first kappa shape index (κ1) is 13.1. The van der Waals surface area contributed by atoms with E-state index < -0.39 is 0 Å². The minimum absolute atomic E-state index is 0.484. The van der Waals surface area contributed by atoms with Crippen LogP contribution in [-0.4, -0.2) is 12.0 Å². The predicted molar refractivity (Wildman–Crippen MR) is 79.1 cm³/mol. The SMILES string of the molecule is CNC(CC1CC2CCC1C2)c1ccc(C)nc1C. The molecular weight excluding hydrogens is 232 g/mol. The fourth-order valence-corrected chi connectivity index (χ4v) is 4.43. The maximum atomic E-state index is 4.62. The smallest absolute Gasteiger partial charge is 0.0423 e. The van der Waals surface area contributed by atoms with Crippen LogP contribution in [0, 0.1) is 31.6 Å². The molecule has 0 saturated heterocycles. The van der Waals surface area contributed by atoms with Gasteiger partial charge in [-0.15, -0.1) is 0 Å². The Morgan fingerprint density at radius 2 is 2.11 bits per heavy atom. The highest BCUT2D eigenvalue weighted by Gasteiger charge is 2.40. The second kappa shape index (κ2) is 5.24. The van der Waals surface area contributed by atoms with Gasteiger partial charge in [-0.1, -0.05) is 12.5 Å². The zero-order valence-electron chi connectivity index (χ0n) is 12.4. The minimum atomic E-state index is 0.484. The summed E-state index contributed by atoms with van der Waals surface area (Å²) in [6.07, 6.45) is 7.25. The minimum Gasteiger partial charge on any atom is -0.313 e. The van der Waals surface area contributed by atoms with Gasteiger partial charge < -0.3 is 5.32 Å². The Bertz CT molecular complexity index is 455. The molecule has 0 radical (unpaired) electrons. The molecule has 2 fully saturated rings. The van der Waals surface area contributed by atoms with Gasteiger partial charge in [0.25, 0.3) is 0 Å². The number of fused-ring (bicyclic) bond motifs is 2. The summed E-state index contributed by atoms with van der Waals surface area (Å²) in [7, 11) is 2.09. The van der Waals surface area contributed by atoms with Crippen LogP contribution in [0.3, 0.4) is 0 Å². The first-order valence-corrected chi connectivity index (χ1v) is 7.78. The molecule has 1 aromatic heterocycles. The van der Waals surface area contributed by atoms with Crippen LogP contribution in [0.4, 0.5) is 0 Å². The van der Waals surface area contributed by atoms with Crippen LogP contribution < -0.4 is 5.32 Å². The third-order valence-electron chi connectivity index (χ3n) is 5.41. The van der Waals surface area contributed by atoms with E-state index in [9.17, 15) is 0 Å². The number of nitrogens with zero attached hydrogens (tertiary/aromatic N) is 1. The van der Waals surface area contributed by atoms with Crippen molar-refractivity contribution in [3.8, 4) is 0 Å². The topological polar surface area (TPSA) is 24.9 Å². The fraction of sp³-hybridized carbons (Fsp3) is 0.706. The molecule has 2 aliphatic carbocycles. The molecule has 1 heterocycles. The van der Waals surface area contributed by atoms with Crippen LogP contribution in [0.1, 0.15) is 55.1 Å². The van der Waals surface area contributed by atoms with Gasteiger partial charge in [0.15, 0.2) is 0 Å². The number of aryl methyl sites for hydroxylation is 2. The average Bonchev–Trinajstić information content (AvgIpc) is 2.99. The Morgan fingerprint density at radius 3 is 2.68 bits per heavy atom. The summed E-state index contributed by atoms with van der Waals surface area (Å²) in [5, 5.41) is 3.53. The maximum absolute atomic E-state index is 4.62. The van der Waals surface area contributed by atoms with E-state index in [4.69, 9.17) is 0 Å². The Kier molecular flexibility index (Phi) is 3.62. The molecule has 2 heteroatoms. The van der Waals surface area contributed by atoms with E-state index >= 15 is 0 Å². The zero-order chi connectivity index (χ0) is 13.4. The summed E-state index contributed by atoms with van der Waals surface area (Å²) >= 11 is 0. The molecule has 19 heavy (non-hydrogen) atoms. The predicted octanol–water partition coefficient (Wildman–Crippen LogP) is 3.79. The van der Waals surface area contributed by atoms with E-state index in [1.54, 1.807) is 0 Å². The second-order valence-corrected chi connectivity index (χ2v) is 6.64. The number of hydrogen-bond donors (Lipinski definition) is 1. The lowest BCUT2D eigenvalue weighted by Crippen LogP contribution is -2.23. The van der Waals surface area contributed by atoms with Crippen molar-refractivity contribution in [1.82, 2.24) is 10.3 Å². The summed E-state index contributed by atoms with van der Waals surface area (Å²) in [5.41, 5.74) is 3.72. The molecule has 2 nitrogen and oxygen atoms in total. The molecule has 4 unspecified atom stereocenters. The molecule has 2 bridgehead atoms. The molecular formula is C17H26N2. The number of rotatable bonds is 4. The molecule has 0 aliphatic heterocycles. The Morgan fingerprint density at radius 1 is 1.26 bits per heavy atom. The molecule has 0 spiro atoms. The Hall–Kier alpha value is -0.890. The maximum Gasteiger partial charge on any atom is 0.0423 e. The fourth-order valence-electron chi connectivity index (χ4n) is 4.43. The first-order chi connectivity index (χ1) is 9.17. The van der Waals surface area contributed by atoms with E-state index in [0.717, 1.165) is 23.4 Å². The molecule has 4 atom stereocenters. The van der Waals surface area contributed by atoms with E-state index in [-0.39, 0.29) is 0 Å². The van der Waals surface area contributed by atoms with Crippen molar-refractivity contribution in [3.63, 3.8) is 0 Å². The van der Waals surface area contributed by atoms with Crippen LogP contribution in [0.5, 0.6) is 0 Å². The van der Waals surface area contributed by atoms with Crippen LogP contribution in [0.25, 0.3) is 0 Å². The van der Waals surface area contributed by atoms with Crippen molar-refractivity contribution in [2.45, 2.75) is 52.0 Å². The van der Waals surface area contributed by atoms with Gasteiger partial charge >= 0.3 is 0 Å².